The second-order valence-electron chi connectivity index (χ2n) is 6.75. The molecular formula is C19H38O4S. The first kappa shape index (κ1) is 23.6. The number of rotatable bonds is 17. The van der Waals surface area contributed by atoms with Crippen molar-refractivity contribution in [2.24, 2.45) is 0 Å². The highest BCUT2D eigenvalue weighted by Gasteiger charge is 2.02. The van der Waals surface area contributed by atoms with Gasteiger partial charge in [0.25, 0.3) is 10.1 Å². The minimum Gasteiger partial charge on any atom is -0.389 e. The van der Waals surface area contributed by atoms with Gasteiger partial charge in [0, 0.05) is 0 Å². The van der Waals surface area contributed by atoms with E-state index in [2.05, 4.69) is 13.0 Å². The first-order chi connectivity index (χ1) is 11.5. The molecule has 0 saturated heterocycles. The highest BCUT2D eigenvalue weighted by atomic mass is 32.2. The molecule has 0 aromatic rings. The molecule has 2 N–H and O–H groups in total. The predicted octanol–water partition coefficient (Wildman–Crippen LogP) is 5.27. The van der Waals surface area contributed by atoms with Gasteiger partial charge < -0.3 is 5.11 Å². The molecule has 0 aliphatic heterocycles. The number of hydrogen-bond acceptors (Lipinski definition) is 3. The molecule has 144 valence electrons. The van der Waals surface area contributed by atoms with Crippen molar-refractivity contribution in [2.75, 3.05) is 5.75 Å². The van der Waals surface area contributed by atoms with Gasteiger partial charge in [-0.15, -0.1) is 0 Å². The summed E-state index contributed by atoms with van der Waals surface area (Å²) in [5.74, 6) is -0.100. The Morgan fingerprint density at radius 1 is 0.833 bits per heavy atom. The van der Waals surface area contributed by atoms with Crippen LogP contribution in [-0.4, -0.2) is 29.9 Å². The molecule has 0 bridgehead atoms. The molecule has 0 aliphatic carbocycles. The number of hydrogen-bond donors (Lipinski definition) is 2. The van der Waals surface area contributed by atoms with E-state index in [1.54, 1.807) is 0 Å². The Kier molecular flexibility index (Phi) is 15.8. The van der Waals surface area contributed by atoms with Gasteiger partial charge in [-0.3, -0.25) is 4.55 Å². The van der Waals surface area contributed by atoms with Gasteiger partial charge in [-0.1, -0.05) is 83.3 Å². The van der Waals surface area contributed by atoms with E-state index >= 15 is 0 Å². The standard InChI is InChI=1S/C19H38O4S/c1-2-3-16-19(20)17-14-12-10-8-6-4-5-7-9-11-13-15-18-24(21,22)23/h14,17,19-20H,2-13,15-16,18H2,1H3,(H,21,22,23)/b17-14+/t19-/m1/s1. The second-order valence-corrected chi connectivity index (χ2v) is 8.32. The molecule has 0 spiro atoms. The summed E-state index contributed by atoms with van der Waals surface area (Å²) in [4.78, 5) is 0. The Labute approximate surface area is 149 Å². The highest BCUT2D eigenvalue weighted by molar-refractivity contribution is 7.85. The van der Waals surface area contributed by atoms with Crippen LogP contribution in [0.2, 0.25) is 0 Å². The Morgan fingerprint density at radius 3 is 1.83 bits per heavy atom. The van der Waals surface area contributed by atoms with Crippen LogP contribution in [-0.2, 0) is 10.1 Å². The van der Waals surface area contributed by atoms with Gasteiger partial charge in [0.2, 0.25) is 0 Å². The quantitative estimate of drug-likeness (QED) is 0.210. The molecule has 1 atom stereocenters. The lowest BCUT2D eigenvalue weighted by Gasteiger charge is -2.03. The van der Waals surface area contributed by atoms with Crippen molar-refractivity contribution in [2.45, 2.75) is 103 Å². The van der Waals surface area contributed by atoms with Crippen molar-refractivity contribution in [3.05, 3.63) is 12.2 Å². The van der Waals surface area contributed by atoms with E-state index in [9.17, 15) is 13.5 Å². The van der Waals surface area contributed by atoms with Crippen LogP contribution in [0.4, 0.5) is 0 Å². The first-order valence-corrected chi connectivity index (χ1v) is 11.4. The molecule has 0 aromatic heterocycles. The van der Waals surface area contributed by atoms with Crippen molar-refractivity contribution in [3.63, 3.8) is 0 Å². The van der Waals surface area contributed by atoms with Crippen LogP contribution in [0.5, 0.6) is 0 Å². The molecule has 0 amide bonds. The maximum Gasteiger partial charge on any atom is 0.264 e. The van der Waals surface area contributed by atoms with E-state index in [1.165, 1.54) is 38.5 Å². The van der Waals surface area contributed by atoms with Crippen LogP contribution in [0, 0.1) is 0 Å². The van der Waals surface area contributed by atoms with E-state index in [0.29, 0.717) is 6.42 Å². The van der Waals surface area contributed by atoms with Crippen LogP contribution in [0.15, 0.2) is 12.2 Å². The van der Waals surface area contributed by atoms with Crippen molar-refractivity contribution in [1.82, 2.24) is 0 Å². The number of aliphatic hydroxyl groups is 1. The maximum absolute atomic E-state index is 10.5. The summed E-state index contributed by atoms with van der Waals surface area (Å²) in [5.41, 5.74) is 0. The number of unbranched alkanes of at least 4 members (excludes halogenated alkanes) is 11. The third-order valence-corrected chi connectivity index (χ3v) is 5.04. The Bertz CT molecular complexity index is 390. The summed E-state index contributed by atoms with van der Waals surface area (Å²) in [5, 5.41) is 9.67. The van der Waals surface area contributed by atoms with Crippen molar-refractivity contribution in [3.8, 4) is 0 Å². The van der Waals surface area contributed by atoms with Gasteiger partial charge in [0.1, 0.15) is 0 Å². The Balaban J connectivity index is 3.21. The highest BCUT2D eigenvalue weighted by Crippen LogP contribution is 2.12. The lowest BCUT2D eigenvalue weighted by molar-refractivity contribution is 0.209. The zero-order valence-corrected chi connectivity index (χ0v) is 16.3. The SMILES string of the molecule is CCCC[C@@H](O)/C=C/CCCCCCCCCCCCS(=O)(=O)O. The molecular weight excluding hydrogens is 324 g/mol. The van der Waals surface area contributed by atoms with E-state index in [-0.39, 0.29) is 11.9 Å². The van der Waals surface area contributed by atoms with Gasteiger partial charge >= 0.3 is 0 Å². The maximum atomic E-state index is 10.5. The fourth-order valence-corrected chi connectivity index (χ4v) is 3.29. The normalized spacial score (nSPS) is 13.6. The number of aliphatic hydroxyl groups excluding tert-OH is 1. The second kappa shape index (κ2) is 16.1. The van der Waals surface area contributed by atoms with Crippen LogP contribution in [0.25, 0.3) is 0 Å². The summed E-state index contributed by atoms with van der Waals surface area (Å²) in [7, 11) is -3.77. The number of allylic oxidation sites excluding steroid dienone is 1. The van der Waals surface area contributed by atoms with Crippen LogP contribution < -0.4 is 0 Å². The van der Waals surface area contributed by atoms with Crippen molar-refractivity contribution >= 4 is 10.1 Å². The largest absolute Gasteiger partial charge is 0.389 e. The Hall–Kier alpha value is -0.390. The average molecular weight is 363 g/mol. The molecule has 0 rings (SSSR count). The molecule has 5 heteroatoms. The van der Waals surface area contributed by atoms with Crippen LogP contribution in [0.1, 0.15) is 96.8 Å². The molecule has 24 heavy (non-hydrogen) atoms. The lowest BCUT2D eigenvalue weighted by atomic mass is 10.1. The van der Waals surface area contributed by atoms with Gasteiger partial charge in [-0.25, -0.2) is 0 Å². The van der Waals surface area contributed by atoms with E-state index < -0.39 is 10.1 Å². The summed E-state index contributed by atoms with van der Waals surface area (Å²) in [6.07, 6.45) is 19.1. The van der Waals surface area contributed by atoms with Crippen LogP contribution in [0.3, 0.4) is 0 Å². The Morgan fingerprint density at radius 2 is 1.33 bits per heavy atom. The van der Waals surface area contributed by atoms with E-state index in [4.69, 9.17) is 4.55 Å². The lowest BCUT2D eigenvalue weighted by Crippen LogP contribution is -2.03. The van der Waals surface area contributed by atoms with Gasteiger partial charge in [-0.2, -0.15) is 8.42 Å². The fourth-order valence-electron chi connectivity index (χ4n) is 2.72. The average Bonchev–Trinajstić information content (AvgIpc) is 2.52. The van der Waals surface area contributed by atoms with Gasteiger partial charge in [-0.05, 0) is 25.7 Å². The minimum atomic E-state index is -3.77. The van der Waals surface area contributed by atoms with Crippen molar-refractivity contribution in [1.29, 1.82) is 0 Å². The predicted molar refractivity (Wildman–Crippen MR) is 102 cm³/mol. The summed E-state index contributed by atoms with van der Waals surface area (Å²) < 4.78 is 29.7. The third-order valence-electron chi connectivity index (χ3n) is 4.23. The molecule has 0 radical (unpaired) electrons. The smallest absolute Gasteiger partial charge is 0.264 e. The third kappa shape index (κ3) is 19.7. The molecule has 0 saturated carbocycles. The fraction of sp³-hybridized carbons (Fsp3) is 0.895. The summed E-state index contributed by atoms with van der Waals surface area (Å²) >= 11 is 0. The molecule has 0 fully saturated rings. The molecule has 0 unspecified atom stereocenters. The minimum absolute atomic E-state index is 0.100. The molecule has 0 aliphatic rings. The molecule has 0 aromatic carbocycles. The zero-order chi connectivity index (χ0) is 18.1. The van der Waals surface area contributed by atoms with Gasteiger partial charge in [0.15, 0.2) is 0 Å². The van der Waals surface area contributed by atoms with E-state index in [0.717, 1.165) is 44.9 Å². The summed E-state index contributed by atoms with van der Waals surface area (Å²) in [6.45, 7) is 2.14. The first-order valence-electron chi connectivity index (χ1n) is 9.75. The van der Waals surface area contributed by atoms with E-state index in [1.807, 2.05) is 6.08 Å². The molecule has 4 nitrogen and oxygen atoms in total. The monoisotopic (exact) mass is 362 g/mol. The topological polar surface area (TPSA) is 74.6 Å². The van der Waals surface area contributed by atoms with Crippen molar-refractivity contribution < 1.29 is 18.1 Å². The molecule has 0 heterocycles. The summed E-state index contributed by atoms with van der Waals surface area (Å²) in [6, 6.07) is 0. The van der Waals surface area contributed by atoms with Gasteiger partial charge in [0.05, 0.1) is 11.9 Å². The zero-order valence-electron chi connectivity index (χ0n) is 15.5. The van der Waals surface area contributed by atoms with Crippen LogP contribution >= 0.6 is 0 Å².